The molecular weight excluding hydrogens is 364 g/mol. The van der Waals surface area contributed by atoms with E-state index in [-0.39, 0.29) is 0 Å². The molecule has 0 saturated carbocycles. The minimum absolute atomic E-state index is 0.877. The van der Waals surface area contributed by atoms with Gasteiger partial charge >= 0.3 is 0 Å². The molecule has 4 rings (SSSR count). The predicted octanol–water partition coefficient (Wildman–Crippen LogP) is 2.13. The average molecular weight is 397 g/mol. The van der Waals surface area contributed by atoms with E-state index < -0.39 is 0 Å². The maximum absolute atomic E-state index is 3.73. The van der Waals surface area contributed by atoms with Crippen LogP contribution in [0.25, 0.3) is 0 Å². The molecule has 156 valence electrons. The van der Waals surface area contributed by atoms with Crippen molar-refractivity contribution < 1.29 is 0 Å². The third-order valence-corrected chi connectivity index (χ3v) is 4.81. The van der Waals surface area contributed by atoms with E-state index in [4.69, 9.17) is 0 Å². The number of nitrogens with zero attached hydrogens (tertiary/aromatic N) is 8. The van der Waals surface area contributed by atoms with Crippen LogP contribution in [0.4, 0.5) is 0 Å². The Kier molecular flexibility index (Phi) is 6.78. The molecule has 0 unspecified atom stereocenters. The molecule has 4 aliphatic rings. The highest BCUT2D eigenvalue weighted by Gasteiger charge is 2.16. The summed E-state index contributed by atoms with van der Waals surface area (Å²) in [4.78, 5) is 17.3. The number of hydrogen-bond donors (Lipinski definition) is 0. The van der Waals surface area contributed by atoms with E-state index in [2.05, 4.69) is 87.2 Å². The molecule has 0 bridgehead atoms. The molecule has 29 heavy (non-hydrogen) atoms. The molecule has 4 aliphatic heterocycles. The van der Waals surface area contributed by atoms with E-state index in [9.17, 15) is 0 Å². The summed E-state index contributed by atoms with van der Waals surface area (Å²) in [5.41, 5.74) is 0. The summed E-state index contributed by atoms with van der Waals surface area (Å²) in [6.45, 7) is 16.6. The zero-order valence-electron chi connectivity index (χ0n) is 17.3. The van der Waals surface area contributed by atoms with Gasteiger partial charge in [-0.2, -0.15) is 0 Å². The fraction of sp³-hybridized carbons (Fsp3) is 0.333. The number of rotatable bonds is 7. The highest BCUT2D eigenvalue weighted by Crippen LogP contribution is 2.12. The molecule has 4 heterocycles. The summed E-state index contributed by atoms with van der Waals surface area (Å²) < 4.78 is 0. The van der Waals surface area contributed by atoms with Gasteiger partial charge in [0.1, 0.15) is 0 Å². The first kappa shape index (κ1) is 20.3. The van der Waals surface area contributed by atoms with Crippen LogP contribution in [0.15, 0.2) is 87.9 Å². The zero-order valence-corrected chi connectivity index (χ0v) is 17.3. The first-order chi connectivity index (χ1) is 14.1. The molecule has 0 amide bonds. The molecule has 8 nitrogen and oxygen atoms in total. The zero-order chi connectivity index (χ0) is 20.6. The van der Waals surface area contributed by atoms with Crippen LogP contribution < -0.4 is 0 Å². The Bertz CT molecular complexity index is 667. The molecule has 0 spiro atoms. The molecule has 0 fully saturated rings. The second-order valence-electron chi connectivity index (χ2n) is 7.24. The Morgan fingerprint density at radius 2 is 0.897 bits per heavy atom. The van der Waals surface area contributed by atoms with Crippen LogP contribution in [0, 0.1) is 0 Å². The number of hydrogen-bond acceptors (Lipinski definition) is 8. The lowest BCUT2D eigenvalue weighted by Gasteiger charge is -2.25. The summed E-state index contributed by atoms with van der Waals surface area (Å²) >= 11 is 0. The van der Waals surface area contributed by atoms with Crippen LogP contribution in [-0.2, 0) is 0 Å². The molecule has 0 aromatic heterocycles. The van der Waals surface area contributed by atoms with E-state index >= 15 is 0 Å². The van der Waals surface area contributed by atoms with Crippen LogP contribution in [-0.4, -0.2) is 86.3 Å². The van der Waals surface area contributed by atoms with Crippen molar-refractivity contribution in [3.8, 4) is 0 Å². The quantitative estimate of drug-likeness (QED) is 0.646. The van der Waals surface area contributed by atoms with Gasteiger partial charge in [0.2, 0.25) is 0 Å². The van der Waals surface area contributed by atoms with E-state index in [1.54, 1.807) is 0 Å². The lowest BCUT2D eigenvalue weighted by molar-refractivity contribution is 0.184. The van der Waals surface area contributed by atoms with Gasteiger partial charge in [-0.05, 0) is 18.6 Å². The Morgan fingerprint density at radius 1 is 0.552 bits per heavy atom. The van der Waals surface area contributed by atoms with Gasteiger partial charge in [0.15, 0.2) is 0 Å². The van der Waals surface area contributed by atoms with Crippen LogP contribution in [0.1, 0.15) is 0 Å². The Morgan fingerprint density at radius 3 is 1.17 bits per heavy atom. The van der Waals surface area contributed by atoms with E-state index in [0.717, 1.165) is 40.0 Å². The van der Waals surface area contributed by atoms with Gasteiger partial charge in [-0.1, -0.05) is 19.7 Å². The molecular formula is C21H32N8. The first-order valence-electron chi connectivity index (χ1n) is 9.64. The third kappa shape index (κ3) is 5.78. The SMILES string of the molecule is C=CN1C=CN(CN2C=CN(C)C2)C1.C=CN1C=CN(CN2C=CN(C=C)C2)C1. The summed E-state index contributed by atoms with van der Waals surface area (Å²) in [6.07, 6.45) is 22.0. The van der Waals surface area contributed by atoms with Crippen molar-refractivity contribution in [1.29, 1.82) is 0 Å². The summed E-state index contributed by atoms with van der Waals surface area (Å²) in [7, 11) is 2.08. The molecule has 8 heteroatoms. The summed E-state index contributed by atoms with van der Waals surface area (Å²) in [5, 5.41) is 0. The predicted molar refractivity (Wildman–Crippen MR) is 117 cm³/mol. The standard InChI is InChI=1S/C11H16N4.C10H16N4/c1-3-12-5-7-14(9-12)11-15-8-6-13(4-2)10-15;1-3-12-6-7-14(9-12)10-13-5-4-11(2)8-13/h3-8H,1-2,9-11H2;3-7H,1,8-10H2,2H3. The second kappa shape index (κ2) is 9.68. The molecule has 0 aromatic rings. The Labute approximate surface area is 174 Å². The van der Waals surface area contributed by atoms with Gasteiger partial charge in [-0.25, -0.2) is 0 Å². The van der Waals surface area contributed by atoms with Crippen LogP contribution in [0.2, 0.25) is 0 Å². The molecule has 0 radical (unpaired) electrons. The van der Waals surface area contributed by atoms with Gasteiger partial charge in [0, 0.05) is 56.6 Å². The van der Waals surface area contributed by atoms with Crippen molar-refractivity contribution in [2.75, 3.05) is 47.1 Å². The molecule has 0 aromatic carbocycles. The van der Waals surface area contributed by atoms with Crippen molar-refractivity contribution >= 4 is 0 Å². The summed E-state index contributed by atoms with van der Waals surface area (Å²) in [6, 6.07) is 0. The normalized spacial score (nSPS) is 19.6. The Hall–Kier alpha value is -3.42. The lowest BCUT2D eigenvalue weighted by atomic mass is 10.7. The fourth-order valence-corrected chi connectivity index (χ4v) is 3.23. The van der Waals surface area contributed by atoms with E-state index in [1.165, 1.54) is 0 Å². The average Bonchev–Trinajstić information content (AvgIpc) is 3.51. The van der Waals surface area contributed by atoms with Crippen molar-refractivity contribution in [3.05, 3.63) is 87.9 Å². The third-order valence-electron chi connectivity index (χ3n) is 4.81. The Balaban J connectivity index is 0.000000166. The smallest absolute Gasteiger partial charge is 0.0952 e. The van der Waals surface area contributed by atoms with Crippen molar-refractivity contribution in [2.45, 2.75) is 0 Å². The molecule has 0 saturated heterocycles. The van der Waals surface area contributed by atoms with E-state index in [0.29, 0.717) is 0 Å². The first-order valence-corrected chi connectivity index (χ1v) is 9.64. The minimum atomic E-state index is 0.877. The fourth-order valence-electron chi connectivity index (χ4n) is 3.23. The van der Waals surface area contributed by atoms with Gasteiger partial charge in [-0.15, -0.1) is 0 Å². The van der Waals surface area contributed by atoms with E-state index in [1.807, 2.05) is 47.0 Å². The van der Waals surface area contributed by atoms with Crippen LogP contribution in [0.3, 0.4) is 0 Å². The maximum atomic E-state index is 3.73. The second-order valence-corrected chi connectivity index (χ2v) is 7.24. The molecule has 0 atom stereocenters. The van der Waals surface area contributed by atoms with Crippen molar-refractivity contribution in [1.82, 2.24) is 39.2 Å². The van der Waals surface area contributed by atoms with Crippen LogP contribution in [0.5, 0.6) is 0 Å². The van der Waals surface area contributed by atoms with Gasteiger partial charge in [0.05, 0.1) is 40.0 Å². The highest BCUT2D eigenvalue weighted by atomic mass is 15.4. The van der Waals surface area contributed by atoms with Crippen molar-refractivity contribution in [3.63, 3.8) is 0 Å². The molecule has 0 aliphatic carbocycles. The van der Waals surface area contributed by atoms with Gasteiger partial charge in [-0.3, -0.25) is 0 Å². The van der Waals surface area contributed by atoms with Crippen LogP contribution >= 0.6 is 0 Å². The summed E-state index contributed by atoms with van der Waals surface area (Å²) in [5.74, 6) is 0. The largest absolute Gasteiger partial charge is 0.362 e. The maximum Gasteiger partial charge on any atom is 0.0952 e. The molecule has 0 N–H and O–H groups in total. The van der Waals surface area contributed by atoms with Crippen molar-refractivity contribution in [2.24, 2.45) is 0 Å². The van der Waals surface area contributed by atoms with Gasteiger partial charge < -0.3 is 39.2 Å². The minimum Gasteiger partial charge on any atom is -0.362 e. The topological polar surface area (TPSA) is 25.9 Å². The lowest BCUT2D eigenvalue weighted by Crippen LogP contribution is -2.34. The monoisotopic (exact) mass is 396 g/mol. The highest BCUT2D eigenvalue weighted by molar-refractivity contribution is 4.99. The van der Waals surface area contributed by atoms with Gasteiger partial charge in [0.25, 0.3) is 0 Å².